The molecule has 13 heavy (non-hydrogen) atoms. The van der Waals surface area contributed by atoms with Crippen molar-refractivity contribution in [2.75, 3.05) is 6.61 Å². The van der Waals surface area contributed by atoms with Crippen LogP contribution in [0.25, 0.3) is 0 Å². The fourth-order valence-electron chi connectivity index (χ4n) is 0.758. The van der Waals surface area contributed by atoms with E-state index in [0.717, 1.165) is 0 Å². The molecule has 0 aliphatic heterocycles. The molecule has 0 fully saturated rings. The Hall–Kier alpha value is -1.32. The predicted molar refractivity (Wildman–Crippen MR) is 50.5 cm³/mol. The molecule has 74 valence electrons. The number of hydrogen-bond acceptors (Lipinski definition) is 3. The number of imidazole rings is 1. The molecule has 0 saturated carbocycles. The molecule has 0 amide bonds. The van der Waals surface area contributed by atoms with E-state index in [2.05, 4.69) is 4.98 Å². The highest BCUT2D eigenvalue weighted by atomic mass is 16.5. The summed E-state index contributed by atoms with van der Waals surface area (Å²) >= 11 is 0. The zero-order chi connectivity index (χ0) is 10.3. The van der Waals surface area contributed by atoms with Crippen LogP contribution in [-0.2, 0) is 11.8 Å². The highest BCUT2D eigenvalue weighted by Gasteiger charge is 2.10. The van der Waals surface area contributed by atoms with Crippen molar-refractivity contribution in [1.29, 1.82) is 0 Å². The molecule has 1 rings (SSSR count). The van der Waals surface area contributed by atoms with Crippen molar-refractivity contribution in [3.63, 3.8) is 0 Å². The molecule has 0 aliphatic rings. The fourth-order valence-corrected chi connectivity index (χ4v) is 0.758. The second-order valence-electron chi connectivity index (χ2n) is 2.08. The molecule has 0 aliphatic carbocycles. The monoisotopic (exact) mass is 184 g/mol. The van der Waals surface area contributed by atoms with Gasteiger partial charge in [0.1, 0.15) is 0 Å². The summed E-state index contributed by atoms with van der Waals surface area (Å²) in [5.74, 6) is -0.0353. The molecular weight excluding hydrogens is 168 g/mol. The van der Waals surface area contributed by atoms with Crippen LogP contribution < -0.4 is 0 Å². The van der Waals surface area contributed by atoms with Crippen molar-refractivity contribution < 1.29 is 9.53 Å². The first kappa shape index (κ1) is 11.7. The van der Waals surface area contributed by atoms with Gasteiger partial charge in [0, 0.05) is 19.4 Å². The number of aryl methyl sites for hydroxylation is 1. The second kappa shape index (κ2) is 6.22. The van der Waals surface area contributed by atoms with E-state index in [4.69, 9.17) is 4.74 Å². The van der Waals surface area contributed by atoms with E-state index in [9.17, 15) is 4.79 Å². The average molecular weight is 184 g/mol. The van der Waals surface area contributed by atoms with Gasteiger partial charge < -0.3 is 9.30 Å². The third-order valence-corrected chi connectivity index (χ3v) is 1.28. The van der Waals surface area contributed by atoms with Crippen molar-refractivity contribution >= 4 is 5.97 Å². The normalized spacial score (nSPS) is 8.62. The molecule has 0 atom stereocenters. The smallest absolute Gasteiger partial charge is 0.374 e. The molecule has 0 bridgehead atoms. The zero-order valence-corrected chi connectivity index (χ0v) is 8.57. The van der Waals surface area contributed by atoms with Gasteiger partial charge in [-0.2, -0.15) is 0 Å². The van der Waals surface area contributed by atoms with E-state index in [1.54, 1.807) is 30.9 Å². The number of hydrogen-bond donors (Lipinski definition) is 0. The molecule has 4 nitrogen and oxygen atoms in total. The largest absolute Gasteiger partial charge is 0.460 e. The van der Waals surface area contributed by atoms with E-state index < -0.39 is 0 Å². The molecule has 1 heterocycles. The second-order valence-corrected chi connectivity index (χ2v) is 2.08. The number of carbonyl (C=O) groups is 1. The van der Waals surface area contributed by atoms with E-state index in [1.165, 1.54) is 0 Å². The van der Waals surface area contributed by atoms with Gasteiger partial charge in [0.15, 0.2) is 0 Å². The maximum atomic E-state index is 11.0. The lowest BCUT2D eigenvalue weighted by atomic mass is 10.6. The van der Waals surface area contributed by atoms with Crippen LogP contribution in [0.5, 0.6) is 0 Å². The minimum atomic E-state index is -0.375. The van der Waals surface area contributed by atoms with Crippen molar-refractivity contribution in [2.24, 2.45) is 7.05 Å². The highest BCUT2D eigenvalue weighted by molar-refractivity contribution is 5.85. The van der Waals surface area contributed by atoms with Crippen LogP contribution in [0, 0.1) is 0 Å². The highest BCUT2D eigenvalue weighted by Crippen LogP contribution is 1.96. The Bertz CT molecular complexity index is 256. The summed E-state index contributed by atoms with van der Waals surface area (Å²) in [5, 5.41) is 0. The molecule has 0 spiro atoms. The first-order chi connectivity index (χ1) is 6.25. The maximum Gasteiger partial charge on any atom is 0.374 e. The molecule has 1 aromatic rings. The van der Waals surface area contributed by atoms with Crippen LogP contribution in [0.3, 0.4) is 0 Å². The standard InChI is InChI=1S/C7H10N2O2.C2H6/c1-3-11-7(10)6-8-4-5-9(6)2;1-2/h4-5H,3H2,1-2H3;1-2H3. The summed E-state index contributed by atoms with van der Waals surface area (Å²) in [5.41, 5.74) is 0. The minimum absolute atomic E-state index is 0.340. The summed E-state index contributed by atoms with van der Waals surface area (Å²) in [7, 11) is 1.75. The van der Waals surface area contributed by atoms with Gasteiger partial charge in [0.05, 0.1) is 6.61 Å². The van der Waals surface area contributed by atoms with Gasteiger partial charge in [-0.15, -0.1) is 0 Å². The van der Waals surface area contributed by atoms with Crippen LogP contribution in [-0.4, -0.2) is 22.1 Å². The molecule has 0 N–H and O–H groups in total. The van der Waals surface area contributed by atoms with Crippen LogP contribution in [0.4, 0.5) is 0 Å². The SMILES string of the molecule is CC.CCOC(=O)c1nccn1C. The minimum Gasteiger partial charge on any atom is -0.460 e. The van der Waals surface area contributed by atoms with Crippen molar-refractivity contribution in [3.8, 4) is 0 Å². The quantitative estimate of drug-likeness (QED) is 0.656. The van der Waals surface area contributed by atoms with E-state index >= 15 is 0 Å². The molecule has 0 aromatic carbocycles. The predicted octanol–water partition coefficient (Wildman–Crippen LogP) is 1.62. The lowest BCUT2D eigenvalue weighted by molar-refractivity contribution is 0.0508. The molecular formula is C9H16N2O2. The van der Waals surface area contributed by atoms with Gasteiger partial charge in [0.25, 0.3) is 0 Å². The summed E-state index contributed by atoms with van der Waals surface area (Å²) in [6, 6.07) is 0. The Balaban J connectivity index is 0.000000671. The van der Waals surface area contributed by atoms with Gasteiger partial charge in [-0.25, -0.2) is 9.78 Å². The average Bonchev–Trinajstić information content (AvgIpc) is 2.55. The topological polar surface area (TPSA) is 44.1 Å². The number of rotatable bonds is 2. The Kier molecular flexibility index (Phi) is 5.59. The molecule has 1 aromatic heterocycles. The van der Waals surface area contributed by atoms with Gasteiger partial charge in [0.2, 0.25) is 5.82 Å². The van der Waals surface area contributed by atoms with E-state index in [1.807, 2.05) is 13.8 Å². The molecule has 4 heteroatoms. The summed E-state index contributed by atoms with van der Waals surface area (Å²) in [4.78, 5) is 14.8. The van der Waals surface area contributed by atoms with Gasteiger partial charge in [-0.05, 0) is 6.92 Å². The summed E-state index contributed by atoms with van der Waals surface area (Å²) < 4.78 is 6.37. The summed E-state index contributed by atoms with van der Waals surface area (Å²) in [6.07, 6.45) is 3.26. The van der Waals surface area contributed by atoms with Crippen molar-refractivity contribution in [1.82, 2.24) is 9.55 Å². The molecule has 0 radical (unpaired) electrons. The Morgan fingerprint density at radius 1 is 1.62 bits per heavy atom. The summed E-state index contributed by atoms with van der Waals surface area (Å²) in [6.45, 7) is 6.15. The Morgan fingerprint density at radius 3 is 2.62 bits per heavy atom. The third-order valence-electron chi connectivity index (χ3n) is 1.28. The van der Waals surface area contributed by atoms with Gasteiger partial charge >= 0.3 is 5.97 Å². The fraction of sp³-hybridized carbons (Fsp3) is 0.556. The van der Waals surface area contributed by atoms with Gasteiger partial charge in [-0.1, -0.05) is 13.8 Å². The van der Waals surface area contributed by atoms with Crippen molar-refractivity contribution in [3.05, 3.63) is 18.2 Å². The van der Waals surface area contributed by atoms with E-state index in [-0.39, 0.29) is 5.97 Å². The first-order valence-electron chi connectivity index (χ1n) is 4.40. The Labute approximate surface area is 78.5 Å². The maximum absolute atomic E-state index is 11.0. The Morgan fingerprint density at radius 2 is 2.23 bits per heavy atom. The number of esters is 1. The zero-order valence-electron chi connectivity index (χ0n) is 8.57. The molecule has 0 unspecified atom stereocenters. The van der Waals surface area contributed by atoms with Crippen LogP contribution in [0.15, 0.2) is 12.4 Å². The lowest BCUT2D eigenvalue weighted by Crippen LogP contribution is -2.10. The van der Waals surface area contributed by atoms with E-state index in [0.29, 0.717) is 12.4 Å². The number of nitrogens with zero attached hydrogens (tertiary/aromatic N) is 2. The number of ether oxygens (including phenoxy) is 1. The lowest BCUT2D eigenvalue weighted by Gasteiger charge is -1.99. The number of carbonyl (C=O) groups excluding carboxylic acids is 1. The third kappa shape index (κ3) is 3.27. The first-order valence-corrected chi connectivity index (χ1v) is 4.40. The van der Waals surface area contributed by atoms with Crippen molar-refractivity contribution in [2.45, 2.75) is 20.8 Å². The number of aromatic nitrogens is 2. The van der Waals surface area contributed by atoms with Crippen LogP contribution >= 0.6 is 0 Å². The van der Waals surface area contributed by atoms with Crippen LogP contribution in [0.2, 0.25) is 0 Å². The van der Waals surface area contributed by atoms with Gasteiger partial charge in [-0.3, -0.25) is 0 Å². The van der Waals surface area contributed by atoms with Crippen LogP contribution in [0.1, 0.15) is 31.4 Å². The molecule has 0 saturated heterocycles.